The van der Waals surface area contributed by atoms with Gasteiger partial charge in [-0.25, -0.2) is 4.68 Å². The summed E-state index contributed by atoms with van der Waals surface area (Å²) in [5, 5.41) is 7.84. The van der Waals surface area contributed by atoms with Crippen molar-refractivity contribution in [3.63, 3.8) is 0 Å². The molecule has 0 bridgehead atoms. The van der Waals surface area contributed by atoms with E-state index in [1.54, 1.807) is 4.68 Å². The summed E-state index contributed by atoms with van der Waals surface area (Å²) in [7, 11) is 0. The van der Waals surface area contributed by atoms with Crippen LogP contribution < -0.4 is 11.1 Å². The molecule has 2 aromatic carbocycles. The SMILES string of the molecule is NC(=S)Nc1cc(-c2ccc(Br)cc2)nn1-c1ccccc1. The van der Waals surface area contributed by atoms with Gasteiger partial charge in [-0.2, -0.15) is 5.10 Å². The van der Waals surface area contributed by atoms with Crippen molar-refractivity contribution in [1.82, 2.24) is 9.78 Å². The van der Waals surface area contributed by atoms with Crippen molar-refractivity contribution < 1.29 is 0 Å². The zero-order chi connectivity index (χ0) is 15.5. The monoisotopic (exact) mass is 372 g/mol. The second kappa shape index (κ2) is 6.29. The van der Waals surface area contributed by atoms with Gasteiger partial charge in [0.25, 0.3) is 0 Å². The van der Waals surface area contributed by atoms with Gasteiger partial charge in [0.15, 0.2) is 5.11 Å². The predicted molar refractivity (Wildman–Crippen MR) is 97.1 cm³/mol. The van der Waals surface area contributed by atoms with Crippen LogP contribution in [0.5, 0.6) is 0 Å². The highest BCUT2D eigenvalue weighted by Crippen LogP contribution is 2.25. The van der Waals surface area contributed by atoms with Crippen LogP contribution >= 0.6 is 28.1 Å². The lowest BCUT2D eigenvalue weighted by atomic mass is 10.1. The lowest BCUT2D eigenvalue weighted by molar-refractivity contribution is 0.893. The molecule has 1 heterocycles. The summed E-state index contributed by atoms with van der Waals surface area (Å²) in [6.07, 6.45) is 0. The Hall–Kier alpha value is -2.18. The lowest BCUT2D eigenvalue weighted by Gasteiger charge is -2.07. The molecule has 1 aromatic heterocycles. The molecule has 3 rings (SSSR count). The third-order valence-corrected chi connectivity index (χ3v) is 3.73. The molecule has 0 unspecified atom stereocenters. The Kier molecular flexibility index (Phi) is 4.22. The zero-order valence-corrected chi connectivity index (χ0v) is 13.9. The van der Waals surface area contributed by atoms with E-state index in [0.29, 0.717) is 0 Å². The third kappa shape index (κ3) is 3.18. The van der Waals surface area contributed by atoms with Gasteiger partial charge in [0.2, 0.25) is 0 Å². The van der Waals surface area contributed by atoms with Crippen LogP contribution in [0.1, 0.15) is 0 Å². The molecule has 0 fully saturated rings. The second-order valence-corrected chi connectivity index (χ2v) is 6.01. The van der Waals surface area contributed by atoms with Crippen LogP contribution in [0, 0.1) is 0 Å². The number of thiocarbonyl (C=S) groups is 1. The highest BCUT2D eigenvalue weighted by atomic mass is 79.9. The summed E-state index contributed by atoms with van der Waals surface area (Å²) in [5.74, 6) is 0.733. The highest BCUT2D eigenvalue weighted by Gasteiger charge is 2.11. The number of hydrogen-bond donors (Lipinski definition) is 2. The first kappa shape index (κ1) is 14.7. The first-order valence-electron chi connectivity index (χ1n) is 6.61. The minimum Gasteiger partial charge on any atom is -0.376 e. The summed E-state index contributed by atoms with van der Waals surface area (Å²) in [6, 6.07) is 19.7. The molecule has 6 heteroatoms. The van der Waals surface area contributed by atoms with Gasteiger partial charge < -0.3 is 11.1 Å². The summed E-state index contributed by atoms with van der Waals surface area (Å²) >= 11 is 8.39. The van der Waals surface area contributed by atoms with E-state index in [2.05, 4.69) is 26.3 Å². The fourth-order valence-corrected chi connectivity index (χ4v) is 2.49. The molecule has 0 aliphatic carbocycles. The molecule has 22 heavy (non-hydrogen) atoms. The Balaban J connectivity index is 2.08. The zero-order valence-electron chi connectivity index (χ0n) is 11.5. The molecule has 0 radical (unpaired) electrons. The van der Waals surface area contributed by atoms with Crippen LogP contribution in [-0.4, -0.2) is 14.9 Å². The number of nitrogens with two attached hydrogens (primary N) is 1. The fraction of sp³-hybridized carbons (Fsp3) is 0. The predicted octanol–water partition coefficient (Wildman–Crippen LogP) is 3.96. The van der Waals surface area contributed by atoms with Crippen molar-refractivity contribution in [2.45, 2.75) is 0 Å². The van der Waals surface area contributed by atoms with E-state index in [-0.39, 0.29) is 5.11 Å². The largest absolute Gasteiger partial charge is 0.376 e. The average molecular weight is 373 g/mol. The molecule has 3 aromatic rings. The normalized spacial score (nSPS) is 10.4. The maximum Gasteiger partial charge on any atom is 0.169 e. The van der Waals surface area contributed by atoms with E-state index >= 15 is 0 Å². The van der Waals surface area contributed by atoms with E-state index < -0.39 is 0 Å². The van der Waals surface area contributed by atoms with Gasteiger partial charge in [0.1, 0.15) is 5.82 Å². The standard InChI is InChI=1S/C16H13BrN4S/c17-12-8-6-11(7-9-12)14-10-15(19-16(18)22)21(20-14)13-4-2-1-3-5-13/h1-10H,(H3,18,19,22). The number of hydrogen-bond acceptors (Lipinski definition) is 2. The van der Waals surface area contributed by atoms with Crippen molar-refractivity contribution in [3.05, 3.63) is 65.1 Å². The van der Waals surface area contributed by atoms with Gasteiger partial charge in [0.05, 0.1) is 11.4 Å². The topological polar surface area (TPSA) is 55.9 Å². The number of benzene rings is 2. The number of para-hydroxylation sites is 1. The summed E-state index contributed by atoms with van der Waals surface area (Å²) < 4.78 is 2.82. The lowest BCUT2D eigenvalue weighted by Crippen LogP contribution is -2.20. The Morgan fingerprint density at radius 3 is 2.41 bits per heavy atom. The number of anilines is 1. The number of nitrogens with one attached hydrogen (secondary N) is 1. The number of aromatic nitrogens is 2. The van der Waals surface area contributed by atoms with Gasteiger partial charge in [-0.15, -0.1) is 0 Å². The van der Waals surface area contributed by atoms with E-state index in [0.717, 1.165) is 27.2 Å². The molecule has 0 saturated carbocycles. The molecule has 0 aliphatic heterocycles. The smallest absolute Gasteiger partial charge is 0.169 e. The summed E-state index contributed by atoms with van der Waals surface area (Å²) in [5.41, 5.74) is 8.41. The molecule has 0 saturated heterocycles. The quantitative estimate of drug-likeness (QED) is 0.683. The molecule has 0 atom stereocenters. The van der Waals surface area contributed by atoms with Crippen molar-refractivity contribution in [2.24, 2.45) is 5.73 Å². The van der Waals surface area contributed by atoms with Crippen LogP contribution in [0.2, 0.25) is 0 Å². The van der Waals surface area contributed by atoms with Gasteiger partial charge in [-0.3, -0.25) is 0 Å². The molecule has 0 aliphatic rings. The van der Waals surface area contributed by atoms with E-state index in [4.69, 9.17) is 18.0 Å². The van der Waals surface area contributed by atoms with Crippen molar-refractivity contribution in [1.29, 1.82) is 0 Å². The van der Waals surface area contributed by atoms with Crippen LogP contribution in [0.3, 0.4) is 0 Å². The number of nitrogens with zero attached hydrogens (tertiary/aromatic N) is 2. The Labute approximate surface area is 142 Å². The number of halogens is 1. The molecule has 0 spiro atoms. The van der Waals surface area contributed by atoms with Crippen molar-refractivity contribution >= 4 is 39.1 Å². The van der Waals surface area contributed by atoms with E-state index in [9.17, 15) is 0 Å². The third-order valence-electron chi connectivity index (χ3n) is 3.10. The second-order valence-electron chi connectivity index (χ2n) is 4.66. The molecule has 3 N–H and O–H groups in total. The molecule has 0 amide bonds. The molecule has 110 valence electrons. The Morgan fingerprint density at radius 2 is 1.77 bits per heavy atom. The van der Waals surface area contributed by atoms with Gasteiger partial charge in [-0.1, -0.05) is 46.3 Å². The number of rotatable bonds is 3. The Morgan fingerprint density at radius 1 is 1.09 bits per heavy atom. The van der Waals surface area contributed by atoms with Crippen LogP contribution in [0.15, 0.2) is 65.1 Å². The minimum absolute atomic E-state index is 0.208. The molecular formula is C16H13BrN4S. The average Bonchev–Trinajstić information content (AvgIpc) is 2.92. The Bertz CT molecular complexity index is 797. The van der Waals surface area contributed by atoms with Gasteiger partial charge in [0, 0.05) is 16.1 Å². The highest BCUT2D eigenvalue weighted by molar-refractivity contribution is 9.10. The first-order chi connectivity index (χ1) is 10.6. The van der Waals surface area contributed by atoms with Gasteiger partial charge >= 0.3 is 0 Å². The van der Waals surface area contributed by atoms with Crippen molar-refractivity contribution in [2.75, 3.05) is 5.32 Å². The van der Waals surface area contributed by atoms with E-state index in [1.807, 2.05) is 60.7 Å². The first-order valence-corrected chi connectivity index (χ1v) is 7.81. The van der Waals surface area contributed by atoms with Crippen LogP contribution in [-0.2, 0) is 0 Å². The van der Waals surface area contributed by atoms with Crippen LogP contribution in [0.25, 0.3) is 16.9 Å². The maximum atomic E-state index is 5.61. The van der Waals surface area contributed by atoms with E-state index in [1.165, 1.54) is 0 Å². The summed E-state index contributed by atoms with van der Waals surface area (Å²) in [6.45, 7) is 0. The molecular weight excluding hydrogens is 360 g/mol. The molecule has 4 nitrogen and oxygen atoms in total. The van der Waals surface area contributed by atoms with Gasteiger partial charge in [-0.05, 0) is 36.5 Å². The minimum atomic E-state index is 0.208. The van der Waals surface area contributed by atoms with Crippen LogP contribution in [0.4, 0.5) is 5.82 Å². The maximum absolute atomic E-state index is 5.61. The fourth-order valence-electron chi connectivity index (χ4n) is 2.12. The summed E-state index contributed by atoms with van der Waals surface area (Å²) in [4.78, 5) is 0. The van der Waals surface area contributed by atoms with Crippen molar-refractivity contribution in [3.8, 4) is 16.9 Å².